The molecule has 0 N–H and O–H groups in total. The minimum absolute atomic E-state index is 0.133. The van der Waals surface area contributed by atoms with Crippen LogP contribution in [0.5, 0.6) is 0 Å². The molecular weight excluding hydrogens is 125 g/mol. The minimum Gasteiger partial charge on any atom is -0.371 e. The largest absolute Gasteiger partial charge is 0.374 e. The predicted molar refractivity (Wildman–Crippen MR) is 21.9 cm³/mol. The van der Waals surface area contributed by atoms with Crippen molar-refractivity contribution in [3.8, 4) is 0 Å². The summed E-state index contributed by atoms with van der Waals surface area (Å²) < 4.78 is 37.1. The molecule has 0 rings (SSSR count). The molecule has 0 aliphatic carbocycles. The normalized spacial score (nSPS) is 12.4. The first kappa shape index (κ1) is 6.97. The molecule has 0 fully saturated rings. The molecule has 0 amide bonds. The zero-order valence-corrected chi connectivity index (χ0v) is 5.75. The summed E-state index contributed by atoms with van der Waals surface area (Å²) in [5, 5.41) is 0. The fraction of sp³-hybridized carbons (Fsp3) is 1.00. The second kappa shape index (κ2) is 2.32. The van der Waals surface area contributed by atoms with Crippen LogP contribution in [-0.4, -0.2) is 23.3 Å². The van der Waals surface area contributed by atoms with Crippen LogP contribution in [0, 0.1) is 0 Å². The molecule has 0 aromatic heterocycles. The number of hydrogen-bond acceptors (Lipinski definition) is 1. The number of halogens is 3. The lowest BCUT2D eigenvalue weighted by molar-refractivity contribution is -0.184. The number of rotatable bonds is 2. The van der Waals surface area contributed by atoms with E-state index in [0.29, 0.717) is 0 Å². The molecule has 0 aliphatic rings. The van der Waals surface area contributed by atoms with E-state index in [9.17, 15) is 13.2 Å². The van der Waals surface area contributed by atoms with E-state index in [4.69, 9.17) is 0 Å². The van der Waals surface area contributed by atoms with Gasteiger partial charge in [0.1, 0.15) is 0 Å². The van der Waals surface area contributed by atoms with Crippen molar-refractivity contribution in [1.29, 1.82) is 0 Å². The summed E-state index contributed by atoms with van der Waals surface area (Å²) in [6, 6.07) is 0. The van der Waals surface area contributed by atoms with E-state index < -0.39 is 12.8 Å². The molecule has 0 radical (unpaired) electrons. The fourth-order valence-electron chi connectivity index (χ4n) is 0.0546. The zero-order valence-electron chi connectivity index (χ0n) is 3.75. The summed E-state index contributed by atoms with van der Waals surface area (Å²) in [7, 11) is -0.133. The topological polar surface area (TPSA) is 9.23 Å². The molecule has 0 atom stereocenters. The van der Waals surface area contributed by atoms with E-state index in [2.05, 4.69) is 4.43 Å². The van der Waals surface area contributed by atoms with E-state index in [1.54, 1.807) is 0 Å². The van der Waals surface area contributed by atoms with Gasteiger partial charge in [-0.25, -0.2) is 4.39 Å². The van der Waals surface area contributed by atoms with Gasteiger partial charge in [-0.3, -0.25) is 0 Å². The first-order chi connectivity index (χ1) is 3.12. The van der Waals surface area contributed by atoms with Crippen molar-refractivity contribution in [2.24, 2.45) is 0 Å². The molecule has 5 heteroatoms. The molecule has 0 spiro atoms. The Hall–Kier alpha value is -0.0331. The van der Waals surface area contributed by atoms with E-state index in [1.807, 2.05) is 0 Å². The van der Waals surface area contributed by atoms with Gasteiger partial charge in [-0.05, 0) is 0 Å². The lowest BCUT2D eigenvalue weighted by Crippen LogP contribution is -2.21. The Morgan fingerprint density at radius 2 is 2.00 bits per heavy atom. The molecule has 7 heavy (non-hydrogen) atoms. The highest BCUT2D eigenvalue weighted by Crippen LogP contribution is 2.12. The van der Waals surface area contributed by atoms with Crippen LogP contribution >= 0.6 is 0 Å². The Bertz CT molecular complexity index is 50.9. The monoisotopic (exact) mass is 130 g/mol. The average Bonchev–Trinajstić information content (AvgIpc) is 1.68. The number of alkyl halides is 3. The summed E-state index contributed by atoms with van der Waals surface area (Å²) in [5.74, 6) is 0. The SMILES string of the molecule is FCC(F)(F)O[SiH3]. The van der Waals surface area contributed by atoms with Crippen LogP contribution in [0.25, 0.3) is 0 Å². The lowest BCUT2D eigenvalue weighted by atomic mass is 10.7. The smallest absolute Gasteiger partial charge is 0.371 e. The standard InChI is InChI=1S/C2H5F3OSi/c3-1-2(4,5)6-7/h1H2,7H3. The van der Waals surface area contributed by atoms with Crippen LogP contribution in [0.1, 0.15) is 0 Å². The second-order valence-electron chi connectivity index (χ2n) is 0.975. The highest BCUT2D eigenvalue weighted by Gasteiger charge is 2.26. The highest BCUT2D eigenvalue weighted by atomic mass is 28.2. The molecule has 0 bridgehead atoms. The third-order valence-corrected chi connectivity index (χ3v) is 1.05. The Labute approximate surface area is 42.0 Å². The lowest BCUT2D eigenvalue weighted by Gasteiger charge is -2.07. The van der Waals surface area contributed by atoms with Crippen LogP contribution in [-0.2, 0) is 4.43 Å². The summed E-state index contributed by atoms with van der Waals surface area (Å²) >= 11 is 0. The molecule has 0 aliphatic heterocycles. The fourth-order valence-corrected chi connectivity index (χ4v) is 0.164. The minimum atomic E-state index is -3.52. The van der Waals surface area contributed by atoms with Gasteiger partial charge in [0, 0.05) is 0 Å². The zero-order chi connectivity index (χ0) is 5.91. The van der Waals surface area contributed by atoms with E-state index in [1.165, 1.54) is 0 Å². The average molecular weight is 130 g/mol. The molecule has 0 aromatic carbocycles. The van der Waals surface area contributed by atoms with Crippen molar-refractivity contribution in [2.45, 2.75) is 6.11 Å². The van der Waals surface area contributed by atoms with Crippen LogP contribution in [0.15, 0.2) is 0 Å². The Morgan fingerprint density at radius 3 is 2.00 bits per heavy atom. The van der Waals surface area contributed by atoms with Gasteiger partial charge in [0.05, 0.1) is 0 Å². The first-order valence-corrected chi connectivity index (χ1v) is 2.43. The van der Waals surface area contributed by atoms with Gasteiger partial charge in [-0.2, -0.15) is 8.78 Å². The van der Waals surface area contributed by atoms with Crippen molar-refractivity contribution in [3.63, 3.8) is 0 Å². The van der Waals surface area contributed by atoms with Crippen LogP contribution in [0.2, 0.25) is 0 Å². The third kappa shape index (κ3) is 2.64. The van der Waals surface area contributed by atoms with E-state index >= 15 is 0 Å². The molecule has 0 unspecified atom stereocenters. The quantitative estimate of drug-likeness (QED) is 0.472. The third-order valence-electron chi connectivity index (χ3n) is 0.454. The molecule has 44 valence electrons. The summed E-state index contributed by atoms with van der Waals surface area (Å²) in [6.45, 7) is -1.73. The van der Waals surface area contributed by atoms with Gasteiger partial charge < -0.3 is 4.43 Å². The maximum atomic E-state index is 11.3. The molecule has 0 heterocycles. The van der Waals surface area contributed by atoms with Crippen LogP contribution in [0.4, 0.5) is 13.2 Å². The summed E-state index contributed by atoms with van der Waals surface area (Å²) in [4.78, 5) is 0. The maximum absolute atomic E-state index is 11.3. The molecule has 0 aromatic rings. The van der Waals surface area contributed by atoms with Crippen molar-refractivity contribution < 1.29 is 17.6 Å². The predicted octanol–water partition coefficient (Wildman–Crippen LogP) is -0.154. The molecule has 0 saturated heterocycles. The van der Waals surface area contributed by atoms with Crippen molar-refractivity contribution in [2.75, 3.05) is 6.67 Å². The molecule has 1 nitrogen and oxygen atoms in total. The molecule has 0 saturated carbocycles. The van der Waals surface area contributed by atoms with Gasteiger partial charge in [0.15, 0.2) is 17.2 Å². The van der Waals surface area contributed by atoms with Gasteiger partial charge in [-0.15, -0.1) is 0 Å². The Balaban J connectivity index is 3.36. The maximum Gasteiger partial charge on any atom is 0.374 e. The highest BCUT2D eigenvalue weighted by molar-refractivity contribution is 5.98. The van der Waals surface area contributed by atoms with E-state index in [0.717, 1.165) is 0 Å². The Morgan fingerprint density at radius 1 is 1.57 bits per heavy atom. The van der Waals surface area contributed by atoms with Crippen LogP contribution in [0.3, 0.4) is 0 Å². The van der Waals surface area contributed by atoms with E-state index in [-0.39, 0.29) is 10.5 Å². The number of hydrogen-bond donors (Lipinski definition) is 0. The Kier molecular flexibility index (Phi) is 2.31. The first-order valence-electron chi connectivity index (χ1n) is 1.61. The van der Waals surface area contributed by atoms with Gasteiger partial charge in [0.25, 0.3) is 0 Å². The molecular formula is C2H5F3OSi. The van der Waals surface area contributed by atoms with Crippen molar-refractivity contribution in [3.05, 3.63) is 0 Å². The van der Waals surface area contributed by atoms with Crippen LogP contribution < -0.4 is 0 Å². The van der Waals surface area contributed by atoms with Gasteiger partial charge in [-0.1, -0.05) is 0 Å². The van der Waals surface area contributed by atoms with Crippen molar-refractivity contribution >= 4 is 10.5 Å². The van der Waals surface area contributed by atoms with Crippen molar-refractivity contribution in [1.82, 2.24) is 0 Å². The summed E-state index contributed by atoms with van der Waals surface area (Å²) in [6.07, 6.45) is -3.52. The van der Waals surface area contributed by atoms with Gasteiger partial charge in [0.2, 0.25) is 0 Å². The second-order valence-corrected chi connectivity index (χ2v) is 1.38. The van der Waals surface area contributed by atoms with Gasteiger partial charge >= 0.3 is 6.11 Å². The summed E-state index contributed by atoms with van der Waals surface area (Å²) in [5.41, 5.74) is 0.